The third kappa shape index (κ3) is 7.71. The van der Waals surface area contributed by atoms with Gasteiger partial charge in [0.2, 0.25) is 23.0 Å². The number of hydrogen-bond acceptors (Lipinski definition) is 9. The molecule has 3 aromatic rings. The minimum atomic E-state index is -0.372. The van der Waals surface area contributed by atoms with Crippen LogP contribution in [0.5, 0.6) is 28.7 Å². The first kappa shape index (κ1) is 35.4. The molecule has 2 atom stereocenters. The Morgan fingerprint density at radius 1 is 0.714 bits per heavy atom. The van der Waals surface area contributed by atoms with E-state index in [1.165, 1.54) is 12.5 Å². The molecule has 0 aromatic heterocycles. The number of methoxy groups -OCH3 is 5. The summed E-state index contributed by atoms with van der Waals surface area (Å²) >= 11 is 0. The van der Waals surface area contributed by atoms with E-state index in [0.29, 0.717) is 65.8 Å². The average molecular weight is 674 g/mol. The van der Waals surface area contributed by atoms with Crippen molar-refractivity contribution < 1.29 is 33.3 Å². The van der Waals surface area contributed by atoms with Gasteiger partial charge in [-0.15, -0.1) is 0 Å². The van der Waals surface area contributed by atoms with Gasteiger partial charge in [0, 0.05) is 25.5 Å². The van der Waals surface area contributed by atoms with Crippen LogP contribution in [0.25, 0.3) is 11.1 Å². The van der Waals surface area contributed by atoms with Crippen molar-refractivity contribution in [1.29, 1.82) is 0 Å². The van der Waals surface area contributed by atoms with E-state index in [1.807, 2.05) is 24.3 Å². The zero-order chi connectivity index (χ0) is 35.1. The van der Waals surface area contributed by atoms with Gasteiger partial charge in [0.05, 0.1) is 53.3 Å². The highest BCUT2D eigenvalue weighted by Gasteiger charge is 2.30. The molecule has 49 heavy (non-hydrogen) atoms. The van der Waals surface area contributed by atoms with E-state index >= 15 is 0 Å². The van der Waals surface area contributed by atoms with Gasteiger partial charge in [0.25, 0.3) is 0 Å². The number of ether oxygens (including phenoxy) is 5. The van der Waals surface area contributed by atoms with E-state index in [1.54, 1.807) is 47.7 Å². The summed E-state index contributed by atoms with van der Waals surface area (Å²) in [5.74, 6) is 2.73. The van der Waals surface area contributed by atoms with E-state index in [0.717, 1.165) is 54.4 Å². The topological polar surface area (TPSA) is 133 Å². The second-order valence-electron chi connectivity index (χ2n) is 12.4. The fourth-order valence-electron chi connectivity index (χ4n) is 7.01. The molecule has 1 unspecified atom stereocenters. The van der Waals surface area contributed by atoms with Crippen LogP contribution < -0.4 is 45.1 Å². The van der Waals surface area contributed by atoms with E-state index < -0.39 is 0 Å². The summed E-state index contributed by atoms with van der Waals surface area (Å²) in [5.41, 5.74) is 5.81. The molecular formula is C38H47N3O8. The van der Waals surface area contributed by atoms with E-state index in [4.69, 9.17) is 23.7 Å². The predicted molar refractivity (Wildman–Crippen MR) is 188 cm³/mol. The minimum absolute atomic E-state index is 0.0257. The fourth-order valence-corrected chi connectivity index (χ4v) is 7.01. The standard InChI is InChI=1S/C38H47N3O8/c1-22(42)40-29-15-12-24-19-34(47-4)37(48-5)38(49-6)36(24)25-13-16-30(31(43)20-27(25)29)39-17-9-7-8-10-35(44)41-28-14-11-23-18-32(45-2)33(46-3)21-26(23)28/h13,16,18-21,28-29H,7-12,14-15,17H2,1-6H3,(H,39,43)(H,40,42)(H,41,44)/t28?,29-/m0/s1. The van der Waals surface area contributed by atoms with Crippen molar-refractivity contribution in [3.05, 3.63) is 68.9 Å². The van der Waals surface area contributed by atoms with Crippen molar-refractivity contribution in [3.63, 3.8) is 0 Å². The smallest absolute Gasteiger partial charge is 0.220 e. The van der Waals surface area contributed by atoms with Crippen LogP contribution in [0.1, 0.15) is 79.8 Å². The molecule has 262 valence electrons. The number of rotatable bonds is 14. The summed E-state index contributed by atoms with van der Waals surface area (Å²) in [6, 6.07) is 10.8. The lowest BCUT2D eigenvalue weighted by Crippen LogP contribution is -2.26. The summed E-state index contributed by atoms with van der Waals surface area (Å²) in [4.78, 5) is 38.6. The molecule has 11 heteroatoms. The summed E-state index contributed by atoms with van der Waals surface area (Å²) in [6.07, 6.45) is 5.73. The second kappa shape index (κ2) is 16.0. The van der Waals surface area contributed by atoms with Gasteiger partial charge in [-0.2, -0.15) is 0 Å². The Labute approximate surface area is 287 Å². The fraction of sp³-hybridized carbons (Fsp3) is 0.447. The Hall–Kier alpha value is -4.93. The Morgan fingerprint density at radius 2 is 1.37 bits per heavy atom. The lowest BCUT2D eigenvalue weighted by atomic mass is 9.95. The number of carbonyl (C=O) groups excluding carboxylic acids is 2. The van der Waals surface area contributed by atoms with Crippen LogP contribution in [0.3, 0.4) is 0 Å². The molecule has 0 spiro atoms. The molecule has 0 saturated heterocycles. The third-order valence-electron chi connectivity index (χ3n) is 9.37. The van der Waals surface area contributed by atoms with E-state index in [2.05, 4.69) is 16.0 Å². The van der Waals surface area contributed by atoms with Gasteiger partial charge in [0.15, 0.2) is 23.0 Å². The molecule has 0 aliphatic heterocycles. The maximum Gasteiger partial charge on any atom is 0.220 e. The van der Waals surface area contributed by atoms with Gasteiger partial charge in [0.1, 0.15) is 0 Å². The van der Waals surface area contributed by atoms with Gasteiger partial charge in [-0.05, 0) is 96.7 Å². The molecule has 0 saturated carbocycles. The molecular weight excluding hydrogens is 626 g/mol. The van der Waals surface area contributed by atoms with Crippen LogP contribution in [0.4, 0.5) is 5.69 Å². The molecule has 3 N–H and O–H groups in total. The number of carbonyl (C=O) groups is 2. The molecule has 0 fully saturated rings. The lowest BCUT2D eigenvalue weighted by molar-refractivity contribution is -0.122. The normalized spacial score (nSPS) is 15.9. The van der Waals surface area contributed by atoms with Gasteiger partial charge in [-0.1, -0.05) is 12.5 Å². The molecule has 2 aliphatic carbocycles. The maximum atomic E-state index is 13.5. The van der Waals surface area contributed by atoms with Gasteiger partial charge >= 0.3 is 0 Å². The van der Waals surface area contributed by atoms with E-state index in [9.17, 15) is 14.4 Å². The van der Waals surface area contributed by atoms with Gasteiger partial charge in [-0.25, -0.2) is 0 Å². The first-order valence-corrected chi connectivity index (χ1v) is 16.8. The highest BCUT2D eigenvalue weighted by Crippen LogP contribution is 2.50. The van der Waals surface area contributed by atoms with Crippen molar-refractivity contribution in [2.75, 3.05) is 47.4 Å². The lowest BCUT2D eigenvalue weighted by Gasteiger charge is -2.19. The molecule has 0 radical (unpaired) electrons. The zero-order valence-corrected chi connectivity index (χ0v) is 29.2. The largest absolute Gasteiger partial charge is 0.493 e. The number of amides is 2. The number of benzene rings is 2. The van der Waals surface area contributed by atoms with Crippen LogP contribution in [0, 0.1) is 0 Å². The molecule has 0 bridgehead atoms. The second-order valence-corrected chi connectivity index (χ2v) is 12.4. The Morgan fingerprint density at radius 3 is 2.04 bits per heavy atom. The van der Waals surface area contributed by atoms with Crippen molar-refractivity contribution >= 4 is 17.5 Å². The Kier molecular flexibility index (Phi) is 11.5. The highest BCUT2D eigenvalue weighted by molar-refractivity contribution is 5.84. The first-order chi connectivity index (χ1) is 23.7. The van der Waals surface area contributed by atoms with Crippen molar-refractivity contribution in [2.24, 2.45) is 0 Å². The molecule has 2 aliphatic rings. The predicted octanol–water partition coefficient (Wildman–Crippen LogP) is 5.66. The molecule has 3 aromatic carbocycles. The number of anilines is 1. The maximum absolute atomic E-state index is 13.5. The van der Waals surface area contributed by atoms with Crippen molar-refractivity contribution in [3.8, 4) is 39.9 Å². The Bertz CT molecular complexity index is 1760. The highest BCUT2D eigenvalue weighted by atomic mass is 16.5. The summed E-state index contributed by atoms with van der Waals surface area (Å²) < 4.78 is 28.0. The summed E-state index contributed by atoms with van der Waals surface area (Å²) in [5, 5.41) is 9.52. The molecule has 0 heterocycles. The minimum Gasteiger partial charge on any atom is -0.493 e. The van der Waals surface area contributed by atoms with Crippen LogP contribution in [-0.2, 0) is 22.4 Å². The van der Waals surface area contributed by atoms with Crippen LogP contribution in [0.15, 0.2) is 41.2 Å². The monoisotopic (exact) mass is 673 g/mol. The first-order valence-electron chi connectivity index (χ1n) is 16.8. The SMILES string of the molecule is COc1cc2c(cc1OC)C(NC(=O)CCCCCNc1ccc3c(cc1=O)[C@@H](NC(C)=O)CCc1cc(OC)c(OC)c(OC)c1-3)CC2. The average Bonchev–Trinajstić information content (AvgIpc) is 3.33. The Balaban J connectivity index is 1.24. The molecule has 5 rings (SSSR count). The number of aryl methyl sites for hydroxylation is 2. The number of fused-ring (bicyclic) bond motifs is 4. The van der Waals surface area contributed by atoms with Gasteiger partial charge < -0.3 is 39.6 Å². The van der Waals surface area contributed by atoms with Crippen LogP contribution >= 0.6 is 0 Å². The van der Waals surface area contributed by atoms with Crippen LogP contribution in [0.2, 0.25) is 0 Å². The number of nitrogens with one attached hydrogen (secondary N) is 3. The van der Waals surface area contributed by atoms with Crippen molar-refractivity contribution in [2.45, 2.75) is 70.4 Å². The zero-order valence-electron chi connectivity index (χ0n) is 29.2. The van der Waals surface area contributed by atoms with Crippen molar-refractivity contribution in [1.82, 2.24) is 10.6 Å². The molecule has 11 nitrogen and oxygen atoms in total. The van der Waals surface area contributed by atoms with Gasteiger partial charge in [-0.3, -0.25) is 14.4 Å². The summed E-state index contributed by atoms with van der Waals surface area (Å²) in [7, 11) is 7.95. The summed E-state index contributed by atoms with van der Waals surface area (Å²) in [6.45, 7) is 2.05. The quantitative estimate of drug-likeness (QED) is 0.186. The number of hydrogen-bond donors (Lipinski definition) is 3. The third-order valence-corrected chi connectivity index (χ3v) is 9.37. The number of unbranched alkanes of at least 4 members (excludes halogenated alkanes) is 2. The van der Waals surface area contributed by atoms with E-state index in [-0.39, 0.29) is 29.3 Å². The molecule has 2 amide bonds. The van der Waals surface area contributed by atoms with Crippen LogP contribution in [-0.4, -0.2) is 53.9 Å².